The Hall–Kier alpha value is -0.780. The number of rotatable bonds is 2. The van der Waals surface area contributed by atoms with Crippen LogP contribution in [0.15, 0.2) is 10.8 Å². The number of carbonyl (C=O) groups excluding carboxylic acids is 1. The molecule has 0 aliphatic rings. The van der Waals surface area contributed by atoms with Gasteiger partial charge in [0, 0.05) is 34.2 Å². The maximum atomic E-state index is 10.4. The Labute approximate surface area is 80.4 Å². The third-order valence-corrected chi connectivity index (χ3v) is 2.21. The van der Waals surface area contributed by atoms with E-state index in [0.717, 1.165) is 11.8 Å². The Balaban J connectivity index is 2.76. The van der Waals surface area contributed by atoms with Gasteiger partial charge < -0.3 is 0 Å². The molecule has 1 heterocycles. The minimum atomic E-state index is 0.535. The summed E-state index contributed by atoms with van der Waals surface area (Å²) in [5.41, 5.74) is 1.47. The van der Waals surface area contributed by atoms with Gasteiger partial charge in [-0.3, -0.25) is 4.79 Å². The highest BCUT2D eigenvalue weighted by atomic mass is 35.5. The minimum Gasteiger partial charge on any atom is -0.298 e. The van der Waals surface area contributed by atoms with E-state index < -0.39 is 0 Å². The van der Waals surface area contributed by atoms with Crippen LogP contribution in [-0.4, -0.2) is 12.2 Å². The molecule has 0 spiro atoms. The van der Waals surface area contributed by atoms with Gasteiger partial charge in [0.15, 0.2) is 6.29 Å². The molecule has 62 valence electrons. The molecule has 12 heavy (non-hydrogen) atoms. The molecule has 0 fully saturated rings. The van der Waals surface area contributed by atoms with Crippen molar-refractivity contribution in [1.82, 2.24) is 0 Å². The van der Waals surface area contributed by atoms with Gasteiger partial charge in [-0.2, -0.15) is 11.3 Å². The average molecular weight is 199 g/mol. The zero-order valence-corrected chi connectivity index (χ0v) is 7.91. The van der Waals surface area contributed by atoms with Gasteiger partial charge in [0.1, 0.15) is 0 Å². The summed E-state index contributed by atoms with van der Waals surface area (Å²) in [6.07, 6.45) is 1.48. The molecule has 0 saturated carbocycles. The van der Waals surface area contributed by atoms with Crippen molar-refractivity contribution in [3.63, 3.8) is 0 Å². The maximum absolute atomic E-state index is 10.4. The predicted molar refractivity (Wildman–Crippen MR) is 51.9 cm³/mol. The molecular formula is C9H7ClOS. The molecule has 1 rings (SSSR count). The van der Waals surface area contributed by atoms with Gasteiger partial charge in [-0.1, -0.05) is 11.8 Å². The van der Waals surface area contributed by atoms with Gasteiger partial charge in [-0.05, 0) is 0 Å². The van der Waals surface area contributed by atoms with E-state index in [1.54, 1.807) is 5.38 Å². The zero-order valence-electron chi connectivity index (χ0n) is 6.34. The van der Waals surface area contributed by atoms with E-state index in [1.165, 1.54) is 11.3 Å². The lowest BCUT2D eigenvalue weighted by atomic mass is 10.2. The molecule has 0 aliphatic heterocycles. The van der Waals surface area contributed by atoms with Crippen molar-refractivity contribution in [3.05, 3.63) is 21.9 Å². The molecular weight excluding hydrogens is 192 g/mol. The molecule has 0 aromatic carbocycles. The Morgan fingerprint density at radius 2 is 2.42 bits per heavy atom. The van der Waals surface area contributed by atoms with Crippen LogP contribution < -0.4 is 0 Å². The third kappa shape index (κ3) is 2.37. The summed E-state index contributed by atoms with van der Waals surface area (Å²) in [6.45, 7) is 0. The number of hydrogen-bond donors (Lipinski definition) is 0. The van der Waals surface area contributed by atoms with Crippen molar-refractivity contribution in [1.29, 1.82) is 0 Å². The number of aldehydes is 1. The summed E-state index contributed by atoms with van der Waals surface area (Å²) in [5.74, 6) is 6.30. The van der Waals surface area contributed by atoms with Crippen LogP contribution in [0.2, 0.25) is 0 Å². The van der Waals surface area contributed by atoms with E-state index in [-0.39, 0.29) is 0 Å². The van der Waals surface area contributed by atoms with Crippen LogP contribution in [0.25, 0.3) is 0 Å². The molecule has 0 radical (unpaired) electrons. The van der Waals surface area contributed by atoms with Crippen LogP contribution in [0.3, 0.4) is 0 Å². The van der Waals surface area contributed by atoms with E-state index in [4.69, 9.17) is 11.6 Å². The molecule has 1 aromatic heterocycles. The second kappa shape index (κ2) is 4.97. The first-order valence-corrected chi connectivity index (χ1v) is 4.92. The second-order valence-electron chi connectivity index (χ2n) is 2.10. The Kier molecular flexibility index (Phi) is 3.86. The smallest absolute Gasteiger partial charge is 0.152 e. The average Bonchev–Trinajstić information content (AvgIpc) is 2.52. The predicted octanol–water partition coefficient (Wildman–Crippen LogP) is 2.54. The van der Waals surface area contributed by atoms with E-state index >= 15 is 0 Å². The standard InChI is InChI=1S/C9H7ClOS/c10-4-2-1-3-8-6-12-7-9(8)5-11/h5-7H,2,4H2. The monoisotopic (exact) mass is 198 g/mol. The first kappa shape index (κ1) is 9.31. The lowest BCUT2D eigenvalue weighted by molar-refractivity contribution is 0.112. The summed E-state index contributed by atoms with van der Waals surface area (Å²) in [7, 11) is 0. The van der Waals surface area contributed by atoms with E-state index in [1.807, 2.05) is 5.38 Å². The van der Waals surface area contributed by atoms with Crippen molar-refractivity contribution in [2.75, 3.05) is 5.88 Å². The molecule has 0 aliphatic carbocycles. The topological polar surface area (TPSA) is 17.1 Å². The first-order chi connectivity index (χ1) is 5.88. The molecule has 3 heteroatoms. The number of carbonyl (C=O) groups is 1. The van der Waals surface area contributed by atoms with Gasteiger partial charge >= 0.3 is 0 Å². The lowest BCUT2D eigenvalue weighted by Crippen LogP contribution is -1.78. The summed E-state index contributed by atoms with van der Waals surface area (Å²) in [5, 5.41) is 3.66. The maximum Gasteiger partial charge on any atom is 0.152 e. The van der Waals surface area contributed by atoms with Gasteiger partial charge in [0.2, 0.25) is 0 Å². The first-order valence-electron chi connectivity index (χ1n) is 3.44. The third-order valence-electron chi connectivity index (χ3n) is 1.26. The fourth-order valence-electron chi connectivity index (χ4n) is 0.705. The lowest BCUT2D eigenvalue weighted by Gasteiger charge is -1.82. The summed E-state index contributed by atoms with van der Waals surface area (Å²) in [4.78, 5) is 10.4. The van der Waals surface area contributed by atoms with Crippen LogP contribution in [0, 0.1) is 11.8 Å². The van der Waals surface area contributed by atoms with Crippen LogP contribution >= 0.6 is 22.9 Å². The summed E-state index contributed by atoms with van der Waals surface area (Å²) >= 11 is 6.93. The van der Waals surface area contributed by atoms with Crippen molar-refractivity contribution in [2.24, 2.45) is 0 Å². The molecule has 0 unspecified atom stereocenters. The van der Waals surface area contributed by atoms with Gasteiger partial charge in [0.05, 0.1) is 0 Å². The minimum absolute atomic E-state index is 0.535. The molecule has 0 N–H and O–H groups in total. The van der Waals surface area contributed by atoms with E-state index in [0.29, 0.717) is 17.9 Å². The number of thiophene rings is 1. The molecule has 0 bridgehead atoms. The molecule has 0 amide bonds. The quantitative estimate of drug-likeness (QED) is 0.406. The van der Waals surface area contributed by atoms with Crippen molar-refractivity contribution in [3.8, 4) is 11.8 Å². The van der Waals surface area contributed by atoms with E-state index in [2.05, 4.69) is 11.8 Å². The highest BCUT2D eigenvalue weighted by Crippen LogP contribution is 2.11. The molecule has 0 saturated heterocycles. The largest absolute Gasteiger partial charge is 0.298 e. The van der Waals surface area contributed by atoms with Crippen molar-refractivity contribution < 1.29 is 4.79 Å². The Morgan fingerprint density at radius 1 is 1.58 bits per heavy atom. The van der Waals surface area contributed by atoms with Gasteiger partial charge in [-0.25, -0.2) is 0 Å². The van der Waals surface area contributed by atoms with Crippen molar-refractivity contribution in [2.45, 2.75) is 6.42 Å². The molecule has 1 aromatic rings. The SMILES string of the molecule is O=Cc1cscc1C#CCCCl. The van der Waals surface area contributed by atoms with Crippen LogP contribution in [0.5, 0.6) is 0 Å². The number of hydrogen-bond acceptors (Lipinski definition) is 2. The zero-order chi connectivity index (χ0) is 8.81. The second-order valence-corrected chi connectivity index (χ2v) is 3.22. The number of alkyl halides is 1. The van der Waals surface area contributed by atoms with Crippen molar-refractivity contribution >= 4 is 29.2 Å². The Morgan fingerprint density at radius 3 is 3.08 bits per heavy atom. The van der Waals surface area contributed by atoms with Crippen LogP contribution in [-0.2, 0) is 0 Å². The summed E-state index contributed by atoms with van der Waals surface area (Å²) in [6, 6.07) is 0. The fourth-order valence-corrected chi connectivity index (χ4v) is 1.53. The highest BCUT2D eigenvalue weighted by Gasteiger charge is 1.97. The number of halogens is 1. The fraction of sp³-hybridized carbons (Fsp3) is 0.222. The molecule has 0 atom stereocenters. The van der Waals surface area contributed by atoms with Gasteiger partial charge in [-0.15, -0.1) is 11.6 Å². The normalized spacial score (nSPS) is 8.75. The van der Waals surface area contributed by atoms with Crippen LogP contribution in [0.4, 0.5) is 0 Å². The van der Waals surface area contributed by atoms with Crippen LogP contribution in [0.1, 0.15) is 22.3 Å². The Bertz CT molecular complexity index is 319. The summed E-state index contributed by atoms with van der Waals surface area (Å²) < 4.78 is 0. The highest BCUT2D eigenvalue weighted by molar-refractivity contribution is 7.08. The van der Waals surface area contributed by atoms with E-state index in [9.17, 15) is 4.79 Å². The van der Waals surface area contributed by atoms with Gasteiger partial charge in [0.25, 0.3) is 0 Å². The molecule has 1 nitrogen and oxygen atoms in total.